The Kier molecular flexibility index (Phi) is 5.01. The number of ether oxygens (including phenoxy) is 1. The lowest BCUT2D eigenvalue weighted by Gasteiger charge is -2.13. The second-order valence-corrected chi connectivity index (χ2v) is 5.62. The van der Waals surface area contributed by atoms with Crippen molar-refractivity contribution in [3.63, 3.8) is 0 Å². The number of hydrogen-bond acceptors (Lipinski definition) is 3. The molecule has 0 heterocycles. The summed E-state index contributed by atoms with van der Waals surface area (Å²) >= 11 is 0. The normalized spacial score (nSPS) is 21.8. The maximum Gasteiger partial charge on any atom is 0.257 e. The maximum absolute atomic E-state index is 11.8. The highest BCUT2D eigenvalue weighted by Crippen LogP contribution is 2.24. The molecule has 0 aromatic heterocycles. The van der Waals surface area contributed by atoms with Gasteiger partial charge in [0.2, 0.25) is 0 Å². The lowest BCUT2D eigenvalue weighted by atomic mass is 10.1. The minimum atomic E-state index is -0.192. The Bertz CT molecular complexity index is 473. The number of aliphatic hydroxyl groups excluding tert-OH is 1. The minimum absolute atomic E-state index is 0.0412. The predicted octanol–water partition coefficient (Wildman–Crippen LogP) is 1.96. The molecule has 1 fully saturated rings. The number of rotatable bonds is 5. The molecule has 0 saturated heterocycles. The van der Waals surface area contributed by atoms with E-state index < -0.39 is 0 Å². The molecule has 4 nitrogen and oxygen atoms in total. The van der Waals surface area contributed by atoms with Crippen molar-refractivity contribution in [3.05, 3.63) is 29.3 Å². The number of benzene rings is 1. The molecule has 0 radical (unpaired) electrons. The monoisotopic (exact) mass is 277 g/mol. The summed E-state index contributed by atoms with van der Waals surface area (Å²) in [5, 5.41) is 12.3. The van der Waals surface area contributed by atoms with Gasteiger partial charge in [-0.1, -0.05) is 12.1 Å². The fourth-order valence-corrected chi connectivity index (χ4v) is 2.57. The zero-order valence-corrected chi connectivity index (χ0v) is 12.2. The van der Waals surface area contributed by atoms with Crippen molar-refractivity contribution in [2.75, 3.05) is 13.2 Å². The van der Waals surface area contributed by atoms with E-state index in [1.54, 1.807) is 0 Å². The van der Waals surface area contributed by atoms with Crippen LogP contribution in [-0.4, -0.2) is 30.3 Å². The van der Waals surface area contributed by atoms with Crippen LogP contribution < -0.4 is 10.1 Å². The molecule has 20 heavy (non-hydrogen) atoms. The first-order chi connectivity index (χ1) is 9.56. The van der Waals surface area contributed by atoms with Gasteiger partial charge in [-0.3, -0.25) is 4.79 Å². The topological polar surface area (TPSA) is 58.6 Å². The van der Waals surface area contributed by atoms with Crippen molar-refractivity contribution in [3.8, 4) is 5.75 Å². The van der Waals surface area contributed by atoms with Gasteiger partial charge in [-0.05, 0) is 56.2 Å². The summed E-state index contributed by atoms with van der Waals surface area (Å²) in [6.45, 7) is 4.68. The van der Waals surface area contributed by atoms with Crippen molar-refractivity contribution in [2.24, 2.45) is 5.92 Å². The Hall–Kier alpha value is -1.55. The van der Waals surface area contributed by atoms with Crippen molar-refractivity contribution < 1.29 is 14.6 Å². The zero-order chi connectivity index (χ0) is 14.5. The highest BCUT2D eigenvalue weighted by Gasteiger charge is 2.22. The number of hydrogen-bond donors (Lipinski definition) is 2. The third kappa shape index (κ3) is 3.97. The van der Waals surface area contributed by atoms with Crippen molar-refractivity contribution in [1.29, 1.82) is 0 Å². The van der Waals surface area contributed by atoms with Gasteiger partial charge in [0.05, 0.1) is 6.10 Å². The summed E-state index contributed by atoms with van der Waals surface area (Å²) in [4.78, 5) is 11.8. The Morgan fingerprint density at radius 1 is 1.40 bits per heavy atom. The molecule has 2 atom stereocenters. The molecular formula is C16H23NO3. The zero-order valence-electron chi connectivity index (χ0n) is 12.2. The first kappa shape index (κ1) is 14.9. The molecule has 1 aliphatic rings. The number of aryl methyl sites for hydroxylation is 1. The van der Waals surface area contributed by atoms with Crippen LogP contribution in [0.25, 0.3) is 0 Å². The summed E-state index contributed by atoms with van der Waals surface area (Å²) < 4.78 is 5.55. The highest BCUT2D eigenvalue weighted by molar-refractivity contribution is 5.77. The standard InChI is InChI=1S/C16H23NO3/c1-11-4-3-5-15(12(11)2)20-10-16(19)17-9-13-6-7-14(18)8-13/h3-5,13-14,18H,6-10H2,1-2H3,(H,17,19). The van der Waals surface area contributed by atoms with E-state index in [1.165, 1.54) is 0 Å². The van der Waals surface area contributed by atoms with Gasteiger partial charge in [-0.15, -0.1) is 0 Å². The van der Waals surface area contributed by atoms with Gasteiger partial charge in [0, 0.05) is 6.54 Å². The predicted molar refractivity (Wildman–Crippen MR) is 77.8 cm³/mol. The SMILES string of the molecule is Cc1cccc(OCC(=O)NCC2CCC(O)C2)c1C. The molecule has 0 aliphatic heterocycles. The molecule has 110 valence electrons. The third-order valence-electron chi connectivity index (χ3n) is 4.02. The van der Waals surface area contributed by atoms with Crippen molar-refractivity contribution in [1.82, 2.24) is 5.32 Å². The Morgan fingerprint density at radius 2 is 2.20 bits per heavy atom. The molecule has 1 aliphatic carbocycles. The molecule has 1 aromatic carbocycles. The lowest BCUT2D eigenvalue weighted by molar-refractivity contribution is -0.123. The fourth-order valence-electron chi connectivity index (χ4n) is 2.57. The van der Waals surface area contributed by atoms with E-state index in [0.717, 1.165) is 36.1 Å². The molecule has 2 unspecified atom stereocenters. The summed E-state index contributed by atoms with van der Waals surface area (Å²) in [6, 6.07) is 5.83. The average Bonchev–Trinajstić information content (AvgIpc) is 2.84. The van der Waals surface area contributed by atoms with Crippen LogP contribution in [-0.2, 0) is 4.79 Å². The van der Waals surface area contributed by atoms with Gasteiger partial charge < -0.3 is 15.2 Å². The maximum atomic E-state index is 11.8. The number of amides is 1. The van der Waals surface area contributed by atoms with Crippen molar-refractivity contribution in [2.45, 2.75) is 39.2 Å². The Morgan fingerprint density at radius 3 is 2.90 bits per heavy atom. The van der Waals surface area contributed by atoms with Gasteiger partial charge in [0.1, 0.15) is 5.75 Å². The van der Waals surface area contributed by atoms with E-state index in [4.69, 9.17) is 4.74 Å². The molecule has 1 amide bonds. The van der Waals surface area contributed by atoms with Crippen LogP contribution in [0.5, 0.6) is 5.75 Å². The molecule has 0 bridgehead atoms. The lowest BCUT2D eigenvalue weighted by Crippen LogP contribution is -2.32. The second-order valence-electron chi connectivity index (χ2n) is 5.62. The fraction of sp³-hybridized carbons (Fsp3) is 0.562. The second kappa shape index (κ2) is 6.75. The van der Waals surface area contributed by atoms with E-state index in [9.17, 15) is 9.90 Å². The van der Waals surface area contributed by atoms with Crippen LogP contribution in [0, 0.1) is 19.8 Å². The minimum Gasteiger partial charge on any atom is -0.483 e. The summed E-state index contributed by atoms with van der Waals surface area (Å²) in [5.41, 5.74) is 2.22. The number of nitrogens with one attached hydrogen (secondary N) is 1. The Labute approximate surface area is 120 Å². The Balaban J connectivity index is 1.73. The van der Waals surface area contributed by atoms with E-state index in [2.05, 4.69) is 5.32 Å². The van der Waals surface area contributed by atoms with E-state index in [1.807, 2.05) is 32.0 Å². The van der Waals surface area contributed by atoms with Gasteiger partial charge >= 0.3 is 0 Å². The number of aliphatic hydroxyl groups is 1. The quantitative estimate of drug-likeness (QED) is 0.865. The molecule has 4 heteroatoms. The van der Waals surface area contributed by atoms with E-state index in [0.29, 0.717) is 12.5 Å². The molecule has 2 N–H and O–H groups in total. The molecule has 1 saturated carbocycles. The molecule has 0 spiro atoms. The van der Waals surface area contributed by atoms with Crippen LogP contribution in [0.4, 0.5) is 0 Å². The number of carbonyl (C=O) groups is 1. The highest BCUT2D eigenvalue weighted by atomic mass is 16.5. The molecule has 2 rings (SSSR count). The summed E-state index contributed by atoms with van der Waals surface area (Å²) in [7, 11) is 0. The summed E-state index contributed by atoms with van der Waals surface area (Å²) in [5.74, 6) is 1.05. The number of carbonyl (C=O) groups excluding carboxylic acids is 1. The van der Waals surface area contributed by atoms with E-state index in [-0.39, 0.29) is 18.6 Å². The van der Waals surface area contributed by atoms with Crippen LogP contribution in [0.2, 0.25) is 0 Å². The van der Waals surface area contributed by atoms with Crippen LogP contribution in [0.3, 0.4) is 0 Å². The van der Waals surface area contributed by atoms with Crippen LogP contribution in [0.1, 0.15) is 30.4 Å². The average molecular weight is 277 g/mol. The first-order valence-corrected chi connectivity index (χ1v) is 7.20. The first-order valence-electron chi connectivity index (χ1n) is 7.20. The molecule has 1 aromatic rings. The molecular weight excluding hydrogens is 254 g/mol. The van der Waals surface area contributed by atoms with Gasteiger partial charge in [-0.25, -0.2) is 0 Å². The van der Waals surface area contributed by atoms with Crippen LogP contribution in [0.15, 0.2) is 18.2 Å². The van der Waals surface area contributed by atoms with Gasteiger partial charge in [0.25, 0.3) is 5.91 Å². The largest absolute Gasteiger partial charge is 0.483 e. The van der Waals surface area contributed by atoms with E-state index >= 15 is 0 Å². The smallest absolute Gasteiger partial charge is 0.257 e. The van der Waals surface area contributed by atoms with Crippen molar-refractivity contribution >= 4 is 5.91 Å². The van der Waals surface area contributed by atoms with Gasteiger partial charge in [-0.2, -0.15) is 0 Å². The summed E-state index contributed by atoms with van der Waals surface area (Å²) in [6.07, 6.45) is 2.43. The van der Waals surface area contributed by atoms with Gasteiger partial charge in [0.15, 0.2) is 6.61 Å². The van der Waals surface area contributed by atoms with Crippen LogP contribution >= 0.6 is 0 Å². The third-order valence-corrected chi connectivity index (χ3v) is 4.02.